The Kier molecular flexibility index (Phi) is 6.32. The van der Waals surface area contributed by atoms with Gasteiger partial charge in [-0.15, -0.1) is 0 Å². The van der Waals surface area contributed by atoms with E-state index in [1.807, 2.05) is 30.8 Å². The van der Waals surface area contributed by atoms with Crippen LogP contribution in [0, 0.1) is 19.8 Å². The number of hydrogen-bond acceptors (Lipinski definition) is 6. The third-order valence-corrected chi connectivity index (χ3v) is 6.20. The summed E-state index contributed by atoms with van der Waals surface area (Å²) in [7, 11) is 0. The number of amides is 1. The minimum atomic E-state index is 0.161. The van der Waals surface area contributed by atoms with Gasteiger partial charge in [0.25, 0.3) is 0 Å². The summed E-state index contributed by atoms with van der Waals surface area (Å²) >= 11 is 0. The van der Waals surface area contributed by atoms with E-state index < -0.39 is 0 Å². The Balaban J connectivity index is 1.30. The van der Waals surface area contributed by atoms with Crippen LogP contribution in [0.5, 0.6) is 0 Å². The molecule has 1 N–H and O–H groups in total. The molecule has 2 aromatic rings. The maximum atomic E-state index is 12.5. The standard InChI is InChI=1S/C22H33N7O/c1-16-5-4-6-19(11-16)24-22(30)15-27-7-9-28(10-8-27)20-13-23-14-21(25-20)29-18(3)12-17(2)26-29/h12-14,16,19H,4-11,15H2,1-3H3,(H,24,30). The maximum absolute atomic E-state index is 12.5. The molecule has 1 aliphatic carbocycles. The predicted octanol–water partition coefficient (Wildman–Crippen LogP) is 2.10. The molecule has 0 spiro atoms. The lowest BCUT2D eigenvalue weighted by Gasteiger charge is -2.35. The Morgan fingerprint density at radius 1 is 1.13 bits per heavy atom. The van der Waals surface area contributed by atoms with Gasteiger partial charge in [-0.05, 0) is 38.7 Å². The van der Waals surface area contributed by atoms with E-state index >= 15 is 0 Å². The molecule has 2 aromatic heterocycles. The molecule has 8 heteroatoms. The first-order valence-electron chi connectivity index (χ1n) is 11.1. The minimum Gasteiger partial charge on any atom is -0.353 e. The van der Waals surface area contributed by atoms with Gasteiger partial charge in [0.15, 0.2) is 5.82 Å². The molecule has 1 amide bonds. The zero-order valence-electron chi connectivity index (χ0n) is 18.3. The maximum Gasteiger partial charge on any atom is 0.234 e. The third kappa shape index (κ3) is 4.98. The normalized spacial score (nSPS) is 22.8. The summed E-state index contributed by atoms with van der Waals surface area (Å²) in [5.41, 5.74) is 2.01. The average molecular weight is 412 g/mol. The number of piperazine rings is 1. The summed E-state index contributed by atoms with van der Waals surface area (Å²) < 4.78 is 1.83. The van der Waals surface area contributed by atoms with Crippen molar-refractivity contribution in [2.24, 2.45) is 5.92 Å². The van der Waals surface area contributed by atoms with Crippen LogP contribution >= 0.6 is 0 Å². The minimum absolute atomic E-state index is 0.161. The molecule has 2 fully saturated rings. The number of carbonyl (C=O) groups is 1. The second-order valence-corrected chi connectivity index (χ2v) is 8.87. The van der Waals surface area contributed by atoms with Gasteiger partial charge in [0.05, 0.1) is 24.6 Å². The van der Waals surface area contributed by atoms with Gasteiger partial charge in [-0.1, -0.05) is 19.8 Å². The van der Waals surface area contributed by atoms with Gasteiger partial charge in [0.2, 0.25) is 5.91 Å². The lowest BCUT2D eigenvalue weighted by molar-refractivity contribution is -0.123. The van der Waals surface area contributed by atoms with E-state index in [1.54, 1.807) is 6.20 Å². The molecule has 0 radical (unpaired) electrons. The van der Waals surface area contributed by atoms with E-state index in [-0.39, 0.29) is 5.91 Å². The molecule has 0 aromatic carbocycles. The first kappa shape index (κ1) is 20.8. The molecule has 1 aliphatic heterocycles. The fraction of sp³-hybridized carbons (Fsp3) is 0.636. The first-order valence-corrected chi connectivity index (χ1v) is 11.1. The lowest BCUT2D eigenvalue weighted by atomic mass is 9.87. The van der Waals surface area contributed by atoms with Crippen molar-refractivity contribution in [3.8, 4) is 5.82 Å². The number of aromatic nitrogens is 4. The molecular weight excluding hydrogens is 378 g/mol. The summed E-state index contributed by atoms with van der Waals surface area (Å²) in [6.45, 7) is 10.1. The summed E-state index contributed by atoms with van der Waals surface area (Å²) in [6, 6.07) is 2.39. The molecule has 1 saturated carbocycles. The zero-order valence-corrected chi connectivity index (χ0v) is 18.3. The van der Waals surface area contributed by atoms with Crippen molar-refractivity contribution in [1.82, 2.24) is 30.0 Å². The van der Waals surface area contributed by atoms with Crippen LogP contribution < -0.4 is 10.2 Å². The van der Waals surface area contributed by atoms with Crippen LogP contribution in [-0.4, -0.2) is 69.3 Å². The summed E-state index contributed by atoms with van der Waals surface area (Å²) in [5.74, 6) is 2.48. The molecule has 162 valence electrons. The quantitative estimate of drug-likeness (QED) is 0.812. The Morgan fingerprint density at radius 2 is 1.90 bits per heavy atom. The molecule has 0 bridgehead atoms. The van der Waals surface area contributed by atoms with Gasteiger partial charge in [-0.25, -0.2) is 9.67 Å². The topological polar surface area (TPSA) is 79.2 Å². The number of rotatable bonds is 5. The van der Waals surface area contributed by atoms with Crippen LogP contribution in [0.25, 0.3) is 5.82 Å². The molecular formula is C22H33N7O. The van der Waals surface area contributed by atoms with Gasteiger partial charge >= 0.3 is 0 Å². The highest BCUT2D eigenvalue weighted by Crippen LogP contribution is 2.23. The number of nitrogens with one attached hydrogen (secondary N) is 1. The van der Waals surface area contributed by atoms with Crippen molar-refractivity contribution >= 4 is 11.7 Å². The van der Waals surface area contributed by atoms with Crippen molar-refractivity contribution < 1.29 is 4.79 Å². The SMILES string of the molecule is Cc1cc(C)n(-c2cncc(N3CCN(CC(=O)NC4CCCC(C)C4)CC3)n2)n1. The van der Waals surface area contributed by atoms with Gasteiger partial charge in [0.1, 0.15) is 5.82 Å². The highest BCUT2D eigenvalue weighted by molar-refractivity contribution is 5.78. The van der Waals surface area contributed by atoms with Crippen molar-refractivity contribution in [3.63, 3.8) is 0 Å². The summed E-state index contributed by atoms with van der Waals surface area (Å²) in [4.78, 5) is 26.1. The first-order chi connectivity index (χ1) is 14.5. The Hall–Kier alpha value is -2.48. The van der Waals surface area contributed by atoms with E-state index in [9.17, 15) is 4.79 Å². The zero-order chi connectivity index (χ0) is 21.1. The van der Waals surface area contributed by atoms with E-state index in [4.69, 9.17) is 4.98 Å². The van der Waals surface area contributed by atoms with Crippen LogP contribution in [0.4, 0.5) is 5.82 Å². The number of carbonyl (C=O) groups excluding carboxylic acids is 1. The lowest BCUT2D eigenvalue weighted by Crippen LogP contribution is -2.51. The van der Waals surface area contributed by atoms with Crippen molar-refractivity contribution in [2.45, 2.75) is 52.5 Å². The number of nitrogens with zero attached hydrogens (tertiary/aromatic N) is 6. The fourth-order valence-corrected chi connectivity index (χ4v) is 4.64. The predicted molar refractivity (Wildman–Crippen MR) is 117 cm³/mol. The van der Waals surface area contributed by atoms with Gasteiger partial charge < -0.3 is 10.2 Å². The van der Waals surface area contributed by atoms with Crippen LogP contribution in [0.1, 0.15) is 44.0 Å². The van der Waals surface area contributed by atoms with E-state index in [2.05, 4.69) is 32.1 Å². The molecule has 1 saturated heterocycles. The Labute approximate surface area is 178 Å². The van der Waals surface area contributed by atoms with Crippen molar-refractivity contribution in [3.05, 3.63) is 29.8 Å². The summed E-state index contributed by atoms with van der Waals surface area (Å²) in [5, 5.41) is 7.75. The van der Waals surface area contributed by atoms with Crippen LogP contribution in [0.15, 0.2) is 18.5 Å². The van der Waals surface area contributed by atoms with E-state index in [1.165, 1.54) is 12.8 Å². The van der Waals surface area contributed by atoms with Crippen molar-refractivity contribution in [1.29, 1.82) is 0 Å². The van der Waals surface area contributed by atoms with Gasteiger partial charge in [-0.3, -0.25) is 14.7 Å². The molecule has 2 atom stereocenters. The molecule has 4 rings (SSSR count). The highest BCUT2D eigenvalue weighted by Gasteiger charge is 2.24. The number of aryl methyl sites for hydroxylation is 2. The highest BCUT2D eigenvalue weighted by atomic mass is 16.2. The number of hydrogen-bond donors (Lipinski definition) is 1. The Morgan fingerprint density at radius 3 is 2.60 bits per heavy atom. The van der Waals surface area contributed by atoms with Crippen LogP contribution in [-0.2, 0) is 4.79 Å². The monoisotopic (exact) mass is 411 g/mol. The molecule has 8 nitrogen and oxygen atoms in total. The van der Waals surface area contributed by atoms with Crippen molar-refractivity contribution in [2.75, 3.05) is 37.6 Å². The smallest absolute Gasteiger partial charge is 0.234 e. The van der Waals surface area contributed by atoms with Gasteiger partial charge in [-0.2, -0.15) is 5.10 Å². The second-order valence-electron chi connectivity index (χ2n) is 8.87. The molecule has 30 heavy (non-hydrogen) atoms. The van der Waals surface area contributed by atoms with Crippen LogP contribution in [0.3, 0.4) is 0 Å². The van der Waals surface area contributed by atoms with E-state index in [0.717, 1.165) is 68.0 Å². The number of anilines is 1. The van der Waals surface area contributed by atoms with E-state index in [0.29, 0.717) is 12.6 Å². The molecule has 2 aliphatic rings. The Bertz CT molecular complexity index is 872. The second kappa shape index (κ2) is 9.12. The summed E-state index contributed by atoms with van der Waals surface area (Å²) in [6.07, 6.45) is 8.30. The largest absolute Gasteiger partial charge is 0.353 e. The van der Waals surface area contributed by atoms with Crippen LogP contribution in [0.2, 0.25) is 0 Å². The molecule has 2 unspecified atom stereocenters. The average Bonchev–Trinajstić information content (AvgIpc) is 3.06. The fourth-order valence-electron chi connectivity index (χ4n) is 4.64. The van der Waals surface area contributed by atoms with Gasteiger partial charge in [0, 0.05) is 37.9 Å². The molecule has 3 heterocycles. The third-order valence-electron chi connectivity index (χ3n) is 6.20.